The van der Waals surface area contributed by atoms with Crippen molar-refractivity contribution >= 4 is 22.7 Å². The van der Waals surface area contributed by atoms with E-state index >= 15 is 0 Å². The van der Waals surface area contributed by atoms with Crippen LogP contribution in [0.2, 0.25) is 0 Å². The molecule has 0 unspecified atom stereocenters. The Hall–Kier alpha value is -4.26. The van der Waals surface area contributed by atoms with Gasteiger partial charge in [-0.3, -0.25) is 10.3 Å². The number of nitrogens with zero attached hydrogens (tertiary/aromatic N) is 1. The van der Waals surface area contributed by atoms with Crippen LogP contribution in [0.15, 0.2) is 66.9 Å². The minimum absolute atomic E-state index is 0.204. The maximum atomic E-state index is 12.3. The van der Waals surface area contributed by atoms with E-state index in [0.29, 0.717) is 28.7 Å². The van der Waals surface area contributed by atoms with Gasteiger partial charge in [0.15, 0.2) is 11.5 Å². The Morgan fingerprint density at radius 1 is 0.853 bits per heavy atom. The molecule has 7 nitrogen and oxygen atoms in total. The number of aryl methyl sites for hydroxylation is 2. The lowest BCUT2D eigenvalue weighted by molar-refractivity contribution is 0.155. The van der Waals surface area contributed by atoms with Crippen molar-refractivity contribution < 1.29 is 23.7 Å². The Balaban J connectivity index is 1.53. The lowest BCUT2D eigenvalue weighted by atomic mass is 10.1. The molecule has 1 N–H and O–H groups in total. The van der Waals surface area contributed by atoms with Crippen molar-refractivity contribution in [2.75, 3.05) is 19.5 Å². The van der Waals surface area contributed by atoms with E-state index in [0.717, 1.165) is 27.6 Å². The molecule has 1 heterocycles. The number of aromatic nitrogens is 1. The summed E-state index contributed by atoms with van der Waals surface area (Å²) < 4.78 is 22.4. The number of hydrogen-bond acceptors (Lipinski definition) is 6. The zero-order valence-corrected chi connectivity index (χ0v) is 19.5. The highest BCUT2D eigenvalue weighted by Gasteiger charge is 2.14. The van der Waals surface area contributed by atoms with Crippen LogP contribution in [0.5, 0.6) is 23.0 Å². The molecule has 0 aliphatic rings. The van der Waals surface area contributed by atoms with Crippen LogP contribution in [0.3, 0.4) is 0 Å². The molecule has 0 aliphatic heterocycles. The van der Waals surface area contributed by atoms with Gasteiger partial charge in [-0.05, 0) is 54.8 Å². The number of benzene rings is 3. The molecule has 0 aliphatic carbocycles. The molecule has 4 aromatic rings. The summed E-state index contributed by atoms with van der Waals surface area (Å²) in [5.41, 5.74) is 4.01. The molecule has 3 aromatic carbocycles. The maximum Gasteiger partial charge on any atom is 0.411 e. The van der Waals surface area contributed by atoms with Crippen LogP contribution >= 0.6 is 0 Å². The number of fused-ring (bicyclic) bond motifs is 1. The summed E-state index contributed by atoms with van der Waals surface area (Å²) in [6.07, 6.45) is 1.17. The molecule has 7 heteroatoms. The van der Waals surface area contributed by atoms with E-state index < -0.39 is 6.09 Å². The van der Waals surface area contributed by atoms with Gasteiger partial charge in [0.25, 0.3) is 0 Å². The summed E-state index contributed by atoms with van der Waals surface area (Å²) in [6, 6.07) is 18.7. The third-order valence-corrected chi connectivity index (χ3v) is 5.40. The highest BCUT2D eigenvalue weighted by molar-refractivity contribution is 5.89. The van der Waals surface area contributed by atoms with E-state index in [-0.39, 0.29) is 6.61 Å². The number of carbonyl (C=O) groups is 1. The van der Waals surface area contributed by atoms with E-state index in [4.69, 9.17) is 18.9 Å². The van der Waals surface area contributed by atoms with Crippen molar-refractivity contribution in [3.63, 3.8) is 0 Å². The van der Waals surface area contributed by atoms with Gasteiger partial charge in [0.05, 0.1) is 19.7 Å². The average molecular weight is 459 g/mol. The van der Waals surface area contributed by atoms with Gasteiger partial charge in [-0.2, -0.15) is 0 Å². The van der Waals surface area contributed by atoms with Gasteiger partial charge in [-0.1, -0.05) is 30.3 Å². The fourth-order valence-corrected chi connectivity index (χ4v) is 3.56. The van der Waals surface area contributed by atoms with Crippen molar-refractivity contribution in [3.05, 3.63) is 83.6 Å². The smallest absolute Gasteiger partial charge is 0.411 e. The Morgan fingerprint density at radius 2 is 1.59 bits per heavy atom. The molecule has 0 fully saturated rings. The minimum Gasteiger partial charge on any atom is -0.493 e. The molecule has 174 valence electrons. The first-order chi connectivity index (χ1) is 16.5. The number of ether oxygens (including phenoxy) is 4. The molecule has 0 radical (unpaired) electrons. The van der Waals surface area contributed by atoms with Gasteiger partial charge in [0.1, 0.15) is 18.1 Å². The third-order valence-electron chi connectivity index (χ3n) is 5.40. The van der Waals surface area contributed by atoms with Crippen LogP contribution in [0, 0.1) is 13.8 Å². The van der Waals surface area contributed by atoms with E-state index in [1.54, 1.807) is 26.5 Å². The minimum atomic E-state index is -0.513. The van der Waals surface area contributed by atoms with Crippen LogP contribution in [0.1, 0.15) is 16.7 Å². The third kappa shape index (κ3) is 5.04. The predicted molar refractivity (Wildman–Crippen MR) is 131 cm³/mol. The van der Waals surface area contributed by atoms with Gasteiger partial charge in [0.2, 0.25) is 0 Å². The molecule has 34 heavy (non-hydrogen) atoms. The SMILES string of the molecule is COc1cc2nccc(Oc3cc(C)c(NC(=O)OCc4ccccc4)cc3C)c2cc1OC. The first-order valence-electron chi connectivity index (χ1n) is 10.8. The second kappa shape index (κ2) is 10.1. The molecule has 4 rings (SSSR count). The number of nitrogens with one attached hydrogen (secondary N) is 1. The highest BCUT2D eigenvalue weighted by Crippen LogP contribution is 2.38. The van der Waals surface area contributed by atoms with Crippen molar-refractivity contribution in [1.29, 1.82) is 0 Å². The Labute approximate surface area is 198 Å². The molecule has 0 spiro atoms. The number of carbonyl (C=O) groups excluding carboxylic acids is 1. The Morgan fingerprint density at radius 3 is 2.32 bits per heavy atom. The van der Waals surface area contributed by atoms with Crippen LogP contribution in [0.25, 0.3) is 10.9 Å². The van der Waals surface area contributed by atoms with Gasteiger partial charge in [-0.25, -0.2) is 4.79 Å². The number of hydrogen-bond donors (Lipinski definition) is 1. The average Bonchev–Trinajstić information content (AvgIpc) is 2.85. The van der Waals surface area contributed by atoms with Crippen LogP contribution < -0.4 is 19.5 Å². The lowest BCUT2D eigenvalue weighted by Gasteiger charge is -2.16. The molecule has 0 bridgehead atoms. The molecular weight excluding hydrogens is 432 g/mol. The van der Waals surface area contributed by atoms with E-state index in [2.05, 4.69) is 10.3 Å². The molecule has 0 atom stereocenters. The highest BCUT2D eigenvalue weighted by atomic mass is 16.5. The monoisotopic (exact) mass is 458 g/mol. The van der Waals surface area contributed by atoms with Gasteiger partial charge in [-0.15, -0.1) is 0 Å². The predicted octanol–water partition coefficient (Wildman–Crippen LogP) is 6.41. The standard InChI is InChI=1S/C27H26N2O5/c1-17-13-24(18(2)12-21(17)29-27(30)33-16-19-8-6-5-7-9-19)34-23-10-11-28-22-15-26(32-4)25(31-3)14-20(22)23/h5-15H,16H2,1-4H3,(H,29,30). The van der Waals surface area contributed by atoms with Crippen LogP contribution in [0.4, 0.5) is 10.5 Å². The van der Waals surface area contributed by atoms with Crippen molar-refractivity contribution in [3.8, 4) is 23.0 Å². The number of pyridine rings is 1. The Bertz CT molecular complexity index is 1320. The van der Waals surface area contributed by atoms with Crippen LogP contribution in [-0.4, -0.2) is 25.3 Å². The summed E-state index contributed by atoms with van der Waals surface area (Å²) in [4.78, 5) is 16.7. The van der Waals surface area contributed by atoms with Crippen molar-refractivity contribution in [2.24, 2.45) is 0 Å². The second-order valence-corrected chi connectivity index (χ2v) is 7.75. The van der Waals surface area contributed by atoms with E-state index in [9.17, 15) is 4.79 Å². The summed E-state index contributed by atoms with van der Waals surface area (Å²) in [7, 11) is 3.17. The molecular formula is C27H26N2O5. The maximum absolute atomic E-state index is 12.3. The molecule has 1 amide bonds. The zero-order chi connectivity index (χ0) is 24.1. The fraction of sp³-hybridized carbons (Fsp3) is 0.185. The van der Waals surface area contributed by atoms with Crippen molar-refractivity contribution in [1.82, 2.24) is 4.98 Å². The summed E-state index contributed by atoms with van der Waals surface area (Å²) in [5, 5.41) is 3.61. The van der Waals surface area contributed by atoms with E-state index in [1.807, 2.05) is 68.4 Å². The summed E-state index contributed by atoms with van der Waals surface area (Å²) in [5.74, 6) is 2.50. The van der Waals surface area contributed by atoms with Crippen molar-refractivity contribution in [2.45, 2.75) is 20.5 Å². The molecule has 0 saturated heterocycles. The quantitative estimate of drug-likeness (QED) is 0.345. The van der Waals surface area contributed by atoms with Gasteiger partial charge in [0, 0.05) is 23.3 Å². The molecule has 0 saturated carbocycles. The normalized spacial score (nSPS) is 10.6. The largest absolute Gasteiger partial charge is 0.493 e. The number of rotatable bonds is 7. The molecule has 1 aromatic heterocycles. The zero-order valence-electron chi connectivity index (χ0n) is 19.5. The first kappa shape index (κ1) is 22.9. The van der Waals surface area contributed by atoms with Gasteiger partial charge >= 0.3 is 6.09 Å². The van der Waals surface area contributed by atoms with E-state index in [1.165, 1.54) is 0 Å². The Kier molecular flexibility index (Phi) is 6.82. The van der Waals surface area contributed by atoms with Gasteiger partial charge < -0.3 is 18.9 Å². The number of amides is 1. The summed E-state index contributed by atoms with van der Waals surface area (Å²) in [6.45, 7) is 4.02. The van der Waals surface area contributed by atoms with Crippen LogP contribution in [-0.2, 0) is 11.3 Å². The lowest BCUT2D eigenvalue weighted by Crippen LogP contribution is -2.14. The first-order valence-corrected chi connectivity index (χ1v) is 10.8. The second-order valence-electron chi connectivity index (χ2n) is 7.75. The number of methoxy groups -OCH3 is 2. The topological polar surface area (TPSA) is 78.9 Å². The number of anilines is 1. The summed E-state index contributed by atoms with van der Waals surface area (Å²) >= 11 is 0. The fourth-order valence-electron chi connectivity index (χ4n) is 3.56.